The van der Waals surface area contributed by atoms with Crippen LogP contribution in [0.1, 0.15) is 23.9 Å². The second-order valence-corrected chi connectivity index (χ2v) is 7.12. The van der Waals surface area contributed by atoms with E-state index in [1.165, 1.54) is 11.3 Å². The molecule has 4 rings (SSSR count). The van der Waals surface area contributed by atoms with Gasteiger partial charge >= 0.3 is 6.03 Å². The fourth-order valence-corrected chi connectivity index (χ4v) is 3.52. The molecule has 7 nitrogen and oxygen atoms in total. The molecule has 3 heterocycles. The number of hydrogen-bond donors (Lipinski definition) is 1. The Morgan fingerprint density at radius 2 is 2.00 bits per heavy atom. The Morgan fingerprint density at radius 3 is 2.69 bits per heavy atom. The third-order valence-corrected chi connectivity index (χ3v) is 5.13. The lowest BCUT2D eigenvalue weighted by atomic mass is 9.91. The predicted molar refractivity (Wildman–Crippen MR) is 95.2 cm³/mol. The van der Waals surface area contributed by atoms with Gasteiger partial charge in [-0.3, -0.25) is 9.69 Å². The molecule has 1 atom stereocenters. The van der Waals surface area contributed by atoms with Crippen LogP contribution in [0.2, 0.25) is 0 Å². The lowest BCUT2D eigenvalue weighted by Gasteiger charge is -2.22. The van der Waals surface area contributed by atoms with Gasteiger partial charge in [0, 0.05) is 10.9 Å². The van der Waals surface area contributed by atoms with E-state index in [4.69, 9.17) is 4.52 Å². The Balaban J connectivity index is 1.57. The van der Waals surface area contributed by atoms with E-state index in [-0.39, 0.29) is 18.3 Å². The summed E-state index contributed by atoms with van der Waals surface area (Å²) < 4.78 is 5.21. The Morgan fingerprint density at radius 1 is 1.23 bits per heavy atom. The number of benzene rings is 1. The topological polar surface area (TPSA) is 88.3 Å². The van der Waals surface area contributed by atoms with Crippen LogP contribution < -0.4 is 5.32 Å². The first-order chi connectivity index (χ1) is 12.5. The van der Waals surface area contributed by atoms with Crippen LogP contribution in [0.25, 0.3) is 11.4 Å². The predicted octanol–water partition coefficient (Wildman–Crippen LogP) is 3.07. The van der Waals surface area contributed by atoms with E-state index in [2.05, 4.69) is 15.5 Å². The molecule has 1 aliphatic rings. The highest BCUT2D eigenvalue weighted by molar-refractivity contribution is 7.08. The number of aryl methyl sites for hydroxylation is 1. The summed E-state index contributed by atoms with van der Waals surface area (Å²) in [6.07, 6.45) is 0. The average Bonchev–Trinajstić information content (AvgIpc) is 3.34. The molecule has 0 unspecified atom stereocenters. The van der Waals surface area contributed by atoms with E-state index in [0.717, 1.165) is 21.6 Å². The highest BCUT2D eigenvalue weighted by Gasteiger charge is 2.49. The minimum Gasteiger partial charge on any atom is -0.337 e. The van der Waals surface area contributed by atoms with Gasteiger partial charge in [0.15, 0.2) is 0 Å². The summed E-state index contributed by atoms with van der Waals surface area (Å²) in [5.74, 6) is 0.305. The summed E-state index contributed by atoms with van der Waals surface area (Å²) >= 11 is 1.53. The number of amides is 3. The summed E-state index contributed by atoms with van der Waals surface area (Å²) in [5.41, 5.74) is 1.54. The highest BCUT2D eigenvalue weighted by atomic mass is 32.1. The highest BCUT2D eigenvalue weighted by Crippen LogP contribution is 2.30. The number of carbonyl (C=O) groups excluding carboxylic acids is 2. The lowest BCUT2D eigenvalue weighted by molar-refractivity contribution is -0.131. The number of rotatable bonds is 4. The minimum absolute atomic E-state index is 0.0662. The van der Waals surface area contributed by atoms with E-state index in [9.17, 15) is 9.59 Å². The van der Waals surface area contributed by atoms with Crippen molar-refractivity contribution >= 4 is 23.3 Å². The maximum absolute atomic E-state index is 12.9. The summed E-state index contributed by atoms with van der Waals surface area (Å²) in [4.78, 5) is 30.7. The van der Waals surface area contributed by atoms with Gasteiger partial charge in [0.2, 0.25) is 11.7 Å². The van der Waals surface area contributed by atoms with Crippen LogP contribution in [0.4, 0.5) is 4.79 Å². The van der Waals surface area contributed by atoms with Crippen LogP contribution in [0, 0.1) is 6.92 Å². The molecule has 3 amide bonds. The van der Waals surface area contributed by atoms with Gasteiger partial charge in [0.05, 0.1) is 0 Å². The first-order valence-corrected chi connectivity index (χ1v) is 8.98. The molecule has 2 aromatic heterocycles. The smallest absolute Gasteiger partial charge is 0.325 e. The number of carbonyl (C=O) groups is 2. The zero-order chi connectivity index (χ0) is 18.3. The van der Waals surface area contributed by atoms with Crippen LogP contribution in [0.3, 0.4) is 0 Å². The average molecular weight is 368 g/mol. The second-order valence-electron chi connectivity index (χ2n) is 6.34. The molecule has 1 aliphatic heterocycles. The number of urea groups is 1. The molecule has 1 N–H and O–H groups in total. The first kappa shape index (κ1) is 16.5. The second kappa shape index (κ2) is 6.06. The Bertz CT molecular complexity index is 965. The third kappa shape index (κ3) is 2.68. The summed E-state index contributed by atoms with van der Waals surface area (Å²) in [6.45, 7) is 3.60. The van der Waals surface area contributed by atoms with E-state index >= 15 is 0 Å². The van der Waals surface area contributed by atoms with Gasteiger partial charge < -0.3 is 9.84 Å². The molecule has 0 spiro atoms. The fourth-order valence-electron chi connectivity index (χ4n) is 2.89. The van der Waals surface area contributed by atoms with Gasteiger partial charge in [0.1, 0.15) is 12.1 Å². The molecule has 1 fully saturated rings. The summed E-state index contributed by atoms with van der Waals surface area (Å²) in [7, 11) is 0. The number of nitrogens with one attached hydrogen (secondary N) is 1. The molecule has 0 radical (unpaired) electrons. The van der Waals surface area contributed by atoms with E-state index in [1.54, 1.807) is 6.92 Å². The van der Waals surface area contributed by atoms with Crippen LogP contribution in [-0.4, -0.2) is 27.0 Å². The van der Waals surface area contributed by atoms with Gasteiger partial charge in [-0.25, -0.2) is 4.79 Å². The first-order valence-electron chi connectivity index (χ1n) is 8.04. The molecule has 0 bridgehead atoms. The number of nitrogens with zero attached hydrogens (tertiary/aromatic N) is 3. The van der Waals surface area contributed by atoms with Crippen molar-refractivity contribution in [2.45, 2.75) is 25.9 Å². The Hall–Kier alpha value is -3.00. The Labute approximate surface area is 153 Å². The summed E-state index contributed by atoms with van der Waals surface area (Å²) in [5, 5.41) is 10.5. The fraction of sp³-hybridized carbons (Fsp3) is 0.222. The van der Waals surface area contributed by atoms with Crippen molar-refractivity contribution in [2.75, 3.05) is 0 Å². The molecule has 3 aromatic rings. The Kier molecular flexibility index (Phi) is 3.84. The number of aromatic nitrogens is 2. The normalized spacial score (nSPS) is 19.8. The maximum Gasteiger partial charge on any atom is 0.325 e. The van der Waals surface area contributed by atoms with Crippen molar-refractivity contribution in [1.29, 1.82) is 0 Å². The van der Waals surface area contributed by atoms with Gasteiger partial charge in [-0.1, -0.05) is 35.0 Å². The monoisotopic (exact) mass is 368 g/mol. The van der Waals surface area contributed by atoms with Gasteiger partial charge in [-0.15, -0.1) is 0 Å². The zero-order valence-electron chi connectivity index (χ0n) is 14.2. The van der Waals surface area contributed by atoms with Crippen molar-refractivity contribution in [3.63, 3.8) is 0 Å². The van der Waals surface area contributed by atoms with Crippen molar-refractivity contribution in [1.82, 2.24) is 20.4 Å². The summed E-state index contributed by atoms with van der Waals surface area (Å²) in [6, 6.07) is 8.91. The molecule has 8 heteroatoms. The zero-order valence-corrected chi connectivity index (χ0v) is 15.0. The number of thiophene rings is 1. The molecule has 1 saturated heterocycles. The largest absolute Gasteiger partial charge is 0.337 e. The van der Waals surface area contributed by atoms with Crippen LogP contribution in [0.15, 0.2) is 45.6 Å². The lowest BCUT2D eigenvalue weighted by Crippen LogP contribution is -2.40. The minimum atomic E-state index is -1.11. The molecule has 0 aliphatic carbocycles. The standard InChI is InChI=1S/C18H16N4O3S/c1-11-3-5-13(6-4-11)18(2)16(23)22(17(24)20-18)9-14-19-15(21-25-14)12-7-8-26-10-12/h3-8,10H,9H2,1-2H3,(H,20,24)/t18-/m1/s1. The molecular weight excluding hydrogens is 352 g/mol. The van der Waals surface area contributed by atoms with Crippen molar-refractivity contribution in [3.8, 4) is 11.4 Å². The van der Waals surface area contributed by atoms with E-state index in [0.29, 0.717) is 5.82 Å². The van der Waals surface area contributed by atoms with Crippen LogP contribution >= 0.6 is 11.3 Å². The SMILES string of the molecule is Cc1ccc([C@@]2(C)NC(=O)N(Cc3nc(-c4ccsc4)no3)C2=O)cc1. The number of imide groups is 1. The van der Waals surface area contributed by atoms with Gasteiger partial charge in [0.25, 0.3) is 5.91 Å². The quantitative estimate of drug-likeness (QED) is 0.715. The third-order valence-electron chi connectivity index (χ3n) is 4.44. The van der Waals surface area contributed by atoms with Gasteiger partial charge in [-0.05, 0) is 30.9 Å². The van der Waals surface area contributed by atoms with Crippen molar-refractivity contribution < 1.29 is 14.1 Å². The van der Waals surface area contributed by atoms with E-state index < -0.39 is 11.6 Å². The van der Waals surface area contributed by atoms with Gasteiger partial charge in [-0.2, -0.15) is 16.3 Å². The van der Waals surface area contributed by atoms with E-state index in [1.807, 2.05) is 48.0 Å². The van der Waals surface area contributed by atoms with Crippen LogP contribution in [-0.2, 0) is 16.9 Å². The number of hydrogen-bond acceptors (Lipinski definition) is 6. The molecule has 132 valence electrons. The van der Waals surface area contributed by atoms with Crippen LogP contribution in [0.5, 0.6) is 0 Å². The maximum atomic E-state index is 12.9. The molecule has 0 saturated carbocycles. The molecule has 1 aromatic carbocycles. The van der Waals surface area contributed by atoms with Crippen molar-refractivity contribution in [2.24, 2.45) is 0 Å². The molecular formula is C18H16N4O3S. The van der Waals surface area contributed by atoms with Crippen molar-refractivity contribution in [3.05, 3.63) is 58.1 Å². The molecule has 26 heavy (non-hydrogen) atoms.